The molecule has 1 aliphatic heterocycles. The molecule has 0 aromatic heterocycles. The number of rotatable bonds is 10. The first-order valence-corrected chi connectivity index (χ1v) is 11.5. The molecule has 5 nitrogen and oxygen atoms in total. The predicted octanol–water partition coefficient (Wildman–Crippen LogP) is 4.55. The van der Waals surface area contributed by atoms with Gasteiger partial charge in [-0.05, 0) is 68.7 Å². The van der Waals surface area contributed by atoms with Gasteiger partial charge in [-0.2, -0.15) is 0 Å². The molecule has 3 rings (SSSR count). The van der Waals surface area contributed by atoms with Crippen molar-refractivity contribution < 1.29 is 4.74 Å². The smallest absolute Gasteiger partial charge is 0.191 e. The third-order valence-electron chi connectivity index (χ3n) is 6.52. The number of methoxy groups -OCH3 is 1. The van der Waals surface area contributed by atoms with Crippen LogP contribution in [-0.4, -0.2) is 50.8 Å². The molecular weight excluding hydrogens is 487 g/mol. The topological polar surface area (TPSA) is 48.9 Å². The second-order valence-corrected chi connectivity index (χ2v) is 8.80. The van der Waals surface area contributed by atoms with Gasteiger partial charge in [0.2, 0.25) is 0 Å². The summed E-state index contributed by atoms with van der Waals surface area (Å²) in [6.45, 7) is 9.12. The standard InChI is InChI=1S/C24H40N4O.HI/c1-3-25-23(27-20-24(14-17-29-2)12-4-5-13-24)26-18-21-8-10-22(11-9-21)19-28-15-6-7-16-28;/h8-11H,3-7,12-20H2,1-2H3,(H2,25,26,27);1H. The lowest BCUT2D eigenvalue weighted by atomic mass is 9.83. The minimum absolute atomic E-state index is 0. The molecule has 2 fully saturated rings. The molecule has 170 valence electrons. The van der Waals surface area contributed by atoms with E-state index in [9.17, 15) is 0 Å². The quantitative estimate of drug-likeness (QED) is 0.266. The number of hydrogen-bond acceptors (Lipinski definition) is 3. The first-order valence-electron chi connectivity index (χ1n) is 11.5. The van der Waals surface area contributed by atoms with Crippen molar-refractivity contribution in [3.8, 4) is 0 Å². The van der Waals surface area contributed by atoms with Gasteiger partial charge < -0.3 is 15.4 Å². The van der Waals surface area contributed by atoms with Crippen LogP contribution in [0.2, 0.25) is 0 Å². The Morgan fingerprint density at radius 1 is 1.03 bits per heavy atom. The molecule has 1 saturated heterocycles. The summed E-state index contributed by atoms with van der Waals surface area (Å²) in [5.41, 5.74) is 3.04. The van der Waals surface area contributed by atoms with E-state index in [4.69, 9.17) is 9.73 Å². The van der Waals surface area contributed by atoms with Gasteiger partial charge in [0.05, 0.1) is 6.54 Å². The van der Waals surface area contributed by atoms with Crippen LogP contribution in [0.4, 0.5) is 0 Å². The molecule has 30 heavy (non-hydrogen) atoms. The van der Waals surface area contributed by atoms with Gasteiger partial charge in [0.1, 0.15) is 0 Å². The zero-order chi connectivity index (χ0) is 20.4. The molecule has 0 unspecified atom stereocenters. The van der Waals surface area contributed by atoms with E-state index < -0.39 is 0 Å². The SMILES string of the molecule is CCNC(=NCc1ccc(CN2CCCC2)cc1)NCC1(CCOC)CCCC1.I. The second-order valence-electron chi connectivity index (χ2n) is 8.80. The monoisotopic (exact) mass is 528 g/mol. The van der Waals surface area contributed by atoms with E-state index in [0.717, 1.165) is 38.6 Å². The molecule has 1 saturated carbocycles. The van der Waals surface area contributed by atoms with Crippen LogP contribution >= 0.6 is 24.0 Å². The van der Waals surface area contributed by atoms with Crippen molar-refractivity contribution in [1.82, 2.24) is 15.5 Å². The van der Waals surface area contributed by atoms with Crippen LogP contribution in [0.1, 0.15) is 63.0 Å². The summed E-state index contributed by atoms with van der Waals surface area (Å²) in [6.07, 6.45) is 9.09. The lowest BCUT2D eigenvalue weighted by Gasteiger charge is -2.30. The Hall–Kier alpha value is -0.860. The van der Waals surface area contributed by atoms with E-state index in [1.165, 1.54) is 62.7 Å². The van der Waals surface area contributed by atoms with Crippen LogP contribution < -0.4 is 10.6 Å². The predicted molar refractivity (Wildman–Crippen MR) is 137 cm³/mol. The van der Waals surface area contributed by atoms with Gasteiger partial charge >= 0.3 is 0 Å². The third-order valence-corrected chi connectivity index (χ3v) is 6.52. The van der Waals surface area contributed by atoms with E-state index in [1.807, 2.05) is 0 Å². The molecule has 1 aliphatic carbocycles. The minimum atomic E-state index is 0. The van der Waals surface area contributed by atoms with Gasteiger partial charge in [0, 0.05) is 33.4 Å². The lowest BCUT2D eigenvalue weighted by molar-refractivity contribution is 0.138. The summed E-state index contributed by atoms with van der Waals surface area (Å²) in [5.74, 6) is 0.928. The summed E-state index contributed by atoms with van der Waals surface area (Å²) in [7, 11) is 1.80. The van der Waals surface area contributed by atoms with Gasteiger partial charge in [0.25, 0.3) is 0 Å². The number of aliphatic imine (C=N–C) groups is 1. The summed E-state index contributed by atoms with van der Waals surface area (Å²) >= 11 is 0. The van der Waals surface area contributed by atoms with E-state index in [-0.39, 0.29) is 24.0 Å². The summed E-state index contributed by atoms with van der Waals surface area (Å²) in [6, 6.07) is 8.99. The molecular formula is C24H41IN4O. The fraction of sp³-hybridized carbons (Fsp3) is 0.708. The van der Waals surface area contributed by atoms with Crippen molar-refractivity contribution in [1.29, 1.82) is 0 Å². The minimum Gasteiger partial charge on any atom is -0.385 e. The molecule has 1 heterocycles. The average Bonchev–Trinajstić information content (AvgIpc) is 3.42. The number of hydrogen-bond donors (Lipinski definition) is 2. The molecule has 1 aromatic carbocycles. The highest BCUT2D eigenvalue weighted by Crippen LogP contribution is 2.40. The Morgan fingerprint density at radius 3 is 2.33 bits per heavy atom. The maximum Gasteiger partial charge on any atom is 0.191 e. The van der Waals surface area contributed by atoms with Crippen LogP contribution in [0.15, 0.2) is 29.3 Å². The first kappa shape index (κ1) is 25.4. The van der Waals surface area contributed by atoms with Crippen LogP contribution in [0, 0.1) is 5.41 Å². The van der Waals surface area contributed by atoms with E-state index in [1.54, 1.807) is 7.11 Å². The van der Waals surface area contributed by atoms with Gasteiger partial charge in [-0.3, -0.25) is 4.90 Å². The van der Waals surface area contributed by atoms with E-state index in [2.05, 4.69) is 46.7 Å². The van der Waals surface area contributed by atoms with E-state index >= 15 is 0 Å². The van der Waals surface area contributed by atoms with Crippen molar-refractivity contribution in [2.45, 2.75) is 65.0 Å². The van der Waals surface area contributed by atoms with Crippen LogP contribution in [0.5, 0.6) is 0 Å². The number of nitrogens with zero attached hydrogens (tertiary/aromatic N) is 2. The van der Waals surface area contributed by atoms with Crippen LogP contribution in [0.25, 0.3) is 0 Å². The van der Waals surface area contributed by atoms with Gasteiger partial charge in [0.15, 0.2) is 5.96 Å². The third kappa shape index (κ3) is 8.00. The van der Waals surface area contributed by atoms with Gasteiger partial charge in [-0.15, -0.1) is 24.0 Å². The fourth-order valence-electron chi connectivity index (χ4n) is 4.69. The Bertz CT molecular complexity index is 623. The lowest BCUT2D eigenvalue weighted by Crippen LogP contribution is -2.43. The zero-order valence-corrected chi connectivity index (χ0v) is 21.3. The molecule has 6 heteroatoms. The molecule has 2 aliphatic rings. The van der Waals surface area contributed by atoms with E-state index in [0.29, 0.717) is 12.0 Å². The second kappa shape index (κ2) is 13.5. The summed E-state index contributed by atoms with van der Waals surface area (Å²) < 4.78 is 5.36. The average molecular weight is 529 g/mol. The normalized spacial score (nSPS) is 18.9. The van der Waals surface area contributed by atoms with Crippen molar-refractivity contribution in [2.24, 2.45) is 10.4 Å². The molecule has 0 amide bonds. The van der Waals surface area contributed by atoms with Crippen molar-refractivity contribution in [3.05, 3.63) is 35.4 Å². The van der Waals surface area contributed by atoms with Crippen molar-refractivity contribution >= 4 is 29.9 Å². The van der Waals surface area contributed by atoms with Gasteiger partial charge in [-0.25, -0.2) is 4.99 Å². The van der Waals surface area contributed by atoms with Gasteiger partial charge in [-0.1, -0.05) is 37.1 Å². The Morgan fingerprint density at radius 2 is 1.70 bits per heavy atom. The number of halogens is 1. The maximum atomic E-state index is 5.36. The number of ether oxygens (including phenoxy) is 1. The fourth-order valence-corrected chi connectivity index (χ4v) is 4.69. The van der Waals surface area contributed by atoms with Crippen LogP contribution in [0.3, 0.4) is 0 Å². The number of nitrogens with one attached hydrogen (secondary N) is 2. The Labute approximate surface area is 200 Å². The van der Waals surface area contributed by atoms with Crippen LogP contribution in [-0.2, 0) is 17.8 Å². The highest BCUT2D eigenvalue weighted by atomic mass is 127. The Kier molecular flexibility index (Phi) is 11.5. The molecule has 0 bridgehead atoms. The summed E-state index contributed by atoms with van der Waals surface area (Å²) in [5, 5.41) is 7.03. The first-order chi connectivity index (χ1) is 14.2. The maximum absolute atomic E-state index is 5.36. The highest BCUT2D eigenvalue weighted by molar-refractivity contribution is 14.0. The molecule has 0 atom stereocenters. The largest absolute Gasteiger partial charge is 0.385 e. The highest BCUT2D eigenvalue weighted by Gasteiger charge is 2.33. The van der Waals surface area contributed by atoms with Crippen molar-refractivity contribution in [2.75, 3.05) is 39.9 Å². The van der Waals surface area contributed by atoms with Crippen molar-refractivity contribution in [3.63, 3.8) is 0 Å². The number of likely N-dealkylation sites (tertiary alicyclic amines) is 1. The Balaban J connectivity index is 0.00000320. The number of guanidine groups is 1. The molecule has 0 radical (unpaired) electrons. The molecule has 1 aromatic rings. The summed E-state index contributed by atoms with van der Waals surface area (Å²) in [4.78, 5) is 7.39. The molecule has 2 N–H and O–H groups in total. The molecule has 0 spiro atoms. The zero-order valence-electron chi connectivity index (χ0n) is 18.9. The number of benzene rings is 1.